The van der Waals surface area contributed by atoms with Crippen LogP contribution in [0.2, 0.25) is 5.02 Å². The molecule has 202 valence electrons. The summed E-state index contributed by atoms with van der Waals surface area (Å²) in [5.74, 6) is 0.405. The molecule has 1 atom stereocenters. The van der Waals surface area contributed by atoms with Gasteiger partial charge in [-0.05, 0) is 37.1 Å². The number of rotatable bonds is 7. The van der Waals surface area contributed by atoms with Crippen molar-refractivity contribution in [3.63, 3.8) is 0 Å². The second-order valence-corrected chi connectivity index (χ2v) is 12.1. The van der Waals surface area contributed by atoms with Crippen molar-refractivity contribution >= 4 is 41.0 Å². The number of thioether (sulfide) groups is 1. The Bertz CT molecular complexity index is 1350. The number of fused-ring (bicyclic) bond motifs is 1. The first-order valence-electron chi connectivity index (χ1n) is 12.7. The topological polar surface area (TPSA) is 76.5 Å². The van der Waals surface area contributed by atoms with E-state index in [-0.39, 0.29) is 34.8 Å². The number of benzene rings is 2. The molecule has 2 aromatic carbocycles. The van der Waals surface area contributed by atoms with Gasteiger partial charge in [-0.1, -0.05) is 68.3 Å². The Hall–Kier alpha value is -2.81. The fourth-order valence-electron chi connectivity index (χ4n) is 4.71. The average Bonchev–Trinajstić information content (AvgIpc) is 3.18. The van der Waals surface area contributed by atoms with Crippen LogP contribution in [0.3, 0.4) is 0 Å². The van der Waals surface area contributed by atoms with Gasteiger partial charge in [0, 0.05) is 29.7 Å². The van der Waals surface area contributed by atoms with E-state index < -0.39 is 0 Å². The smallest absolute Gasteiger partial charge is 0.240 e. The molecule has 1 aliphatic heterocycles. The van der Waals surface area contributed by atoms with Gasteiger partial charge in [-0.3, -0.25) is 14.5 Å². The molecule has 2 amide bonds. The van der Waals surface area contributed by atoms with Crippen molar-refractivity contribution in [1.82, 2.24) is 15.1 Å². The summed E-state index contributed by atoms with van der Waals surface area (Å²) in [5.41, 5.74) is 5.38. The molecule has 2 heterocycles. The number of methoxy groups -OCH3 is 1. The Kier molecular flexibility index (Phi) is 8.55. The van der Waals surface area contributed by atoms with Crippen LogP contribution >= 0.6 is 23.4 Å². The normalized spacial score (nSPS) is 15.8. The van der Waals surface area contributed by atoms with Crippen molar-refractivity contribution in [3.8, 4) is 5.69 Å². The van der Waals surface area contributed by atoms with Crippen LogP contribution in [0.1, 0.15) is 54.0 Å². The number of anilines is 1. The third-order valence-corrected chi connectivity index (χ3v) is 8.08. The summed E-state index contributed by atoms with van der Waals surface area (Å²) in [6.07, 6.45) is 0. The maximum absolute atomic E-state index is 13.7. The average molecular weight is 555 g/mol. The van der Waals surface area contributed by atoms with Gasteiger partial charge < -0.3 is 10.1 Å². The Morgan fingerprint density at radius 2 is 1.95 bits per heavy atom. The highest BCUT2D eigenvalue weighted by atomic mass is 35.5. The number of amides is 2. The fraction of sp³-hybridized carbons (Fsp3) is 0.414. The van der Waals surface area contributed by atoms with Gasteiger partial charge in [-0.2, -0.15) is 5.10 Å². The minimum absolute atomic E-state index is 0.120. The van der Waals surface area contributed by atoms with Crippen molar-refractivity contribution in [2.24, 2.45) is 0 Å². The van der Waals surface area contributed by atoms with E-state index in [0.29, 0.717) is 24.0 Å². The SMILES string of the molecule is COCCNC(=O)CN1C(=O)CSC(c2ccccc2Cl)c2c(C(C)(C)C)nn(-c3ccc(C)cc3C)c21. The number of aromatic nitrogens is 2. The molecule has 0 radical (unpaired) electrons. The fourth-order valence-corrected chi connectivity index (χ4v) is 6.25. The molecule has 4 rings (SSSR count). The predicted molar refractivity (Wildman–Crippen MR) is 155 cm³/mol. The van der Waals surface area contributed by atoms with Crippen LogP contribution in [0.25, 0.3) is 5.69 Å². The Morgan fingerprint density at radius 3 is 2.61 bits per heavy atom. The molecule has 0 fully saturated rings. The number of nitrogens with zero attached hydrogens (tertiary/aromatic N) is 3. The molecule has 0 spiro atoms. The molecule has 7 nitrogen and oxygen atoms in total. The molecule has 0 saturated heterocycles. The van der Waals surface area contributed by atoms with Gasteiger partial charge in [0.15, 0.2) is 0 Å². The van der Waals surface area contributed by atoms with Crippen LogP contribution < -0.4 is 10.2 Å². The number of carbonyl (C=O) groups excluding carboxylic acids is 2. The van der Waals surface area contributed by atoms with E-state index >= 15 is 0 Å². The lowest BCUT2D eigenvalue weighted by Gasteiger charge is -2.25. The molecule has 0 saturated carbocycles. The lowest BCUT2D eigenvalue weighted by molar-refractivity contribution is -0.123. The highest BCUT2D eigenvalue weighted by Crippen LogP contribution is 2.49. The highest BCUT2D eigenvalue weighted by Gasteiger charge is 2.40. The summed E-state index contributed by atoms with van der Waals surface area (Å²) in [6, 6.07) is 13.9. The van der Waals surface area contributed by atoms with E-state index in [1.165, 1.54) is 11.8 Å². The van der Waals surface area contributed by atoms with Gasteiger partial charge in [0.25, 0.3) is 0 Å². The van der Waals surface area contributed by atoms with E-state index in [2.05, 4.69) is 32.2 Å². The third kappa shape index (κ3) is 5.77. The van der Waals surface area contributed by atoms with E-state index in [0.717, 1.165) is 33.6 Å². The standard InChI is InChI=1S/C29H35ClN4O3S/c1-18-11-12-22(19(2)15-18)34-28-25(27(32-34)29(3,4)5)26(20-9-7-8-10-21(20)30)38-17-24(36)33(28)16-23(35)31-13-14-37-6/h7-12,15,26H,13-14,16-17H2,1-6H3,(H,31,35). The monoisotopic (exact) mass is 554 g/mol. The van der Waals surface area contributed by atoms with E-state index in [9.17, 15) is 9.59 Å². The van der Waals surface area contributed by atoms with Gasteiger partial charge in [0.05, 0.1) is 29.0 Å². The number of nitrogens with one attached hydrogen (secondary N) is 1. The zero-order valence-corrected chi connectivity index (χ0v) is 24.4. The molecule has 1 unspecified atom stereocenters. The molecule has 9 heteroatoms. The highest BCUT2D eigenvalue weighted by molar-refractivity contribution is 8.00. The Balaban J connectivity index is 2.00. The molecular formula is C29H35ClN4O3S. The van der Waals surface area contributed by atoms with Gasteiger partial charge >= 0.3 is 0 Å². The molecule has 1 aromatic heterocycles. The van der Waals surface area contributed by atoms with Gasteiger partial charge in [-0.15, -0.1) is 11.8 Å². The second kappa shape index (κ2) is 11.5. The molecule has 0 aliphatic carbocycles. The summed E-state index contributed by atoms with van der Waals surface area (Å²) in [5, 5.41) is 8.40. The Labute approximate surface area is 233 Å². The van der Waals surface area contributed by atoms with Gasteiger partial charge in [-0.25, -0.2) is 4.68 Å². The lowest BCUT2D eigenvalue weighted by atomic mass is 9.87. The molecular weight excluding hydrogens is 520 g/mol. The molecule has 0 bridgehead atoms. The maximum Gasteiger partial charge on any atom is 0.240 e. The van der Waals surface area contributed by atoms with Crippen LogP contribution in [-0.4, -0.2) is 54.2 Å². The van der Waals surface area contributed by atoms with Crippen LogP contribution in [0.4, 0.5) is 5.82 Å². The number of carbonyl (C=O) groups is 2. The van der Waals surface area contributed by atoms with E-state index in [1.54, 1.807) is 12.0 Å². The molecule has 1 aliphatic rings. The van der Waals surface area contributed by atoms with Crippen molar-refractivity contribution in [1.29, 1.82) is 0 Å². The summed E-state index contributed by atoms with van der Waals surface area (Å²) < 4.78 is 6.92. The minimum atomic E-state index is -0.340. The van der Waals surface area contributed by atoms with Crippen LogP contribution in [0, 0.1) is 13.8 Å². The van der Waals surface area contributed by atoms with Crippen molar-refractivity contribution in [2.45, 2.75) is 45.3 Å². The predicted octanol–water partition coefficient (Wildman–Crippen LogP) is 5.37. The quantitative estimate of drug-likeness (QED) is 0.397. The second-order valence-electron chi connectivity index (χ2n) is 10.6. The molecule has 3 aromatic rings. The zero-order chi connectivity index (χ0) is 27.6. The van der Waals surface area contributed by atoms with Gasteiger partial charge in [0.2, 0.25) is 11.8 Å². The molecule has 38 heavy (non-hydrogen) atoms. The summed E-state index contributed by atoms with van der Waals surface area (Å²) in [6.45, 7) is 11.1. The third-order valence-electron chi connectivity index (χ3n) is 6.50. The number of aryl methyl sites for hydroxylation is 2. The largest absolute Gasteiger partial charge is 0.383 e. The van der Waals surface area contributed by atoms with Crippen molar-refractivity contribution in [2.75, 3.05) is 37.5 Å². The summed E-state index contributed by atoms with van der Waals surface area (Å²) in [7, 11) is 1.58. The minimum Gasteiger partial charge on any atom is -0.383 e. The van der Waals surface area contributed by atoms with E-state index in [1.807, 2.05) is 54.9 Å². The van der Waals surface area contributed by atoms with Crippen LogP contribution in [-0.2, 0) is 19.7 Å². The number of hydrogen-bond acceptors (Lipinski definition) is 5. The number of ether oxygens (including phenoxy) is 1. The van der Waals surface area contributed by atoms with Gasteiger partial charge in [0.1, 0.15) is 12.4 Å². The van der Waals surface area contributed by atoms with Crippen molar-refractivity contribution in [3.05, 3.63) is 75.4 Å². The van der Waals surface area contributed by atoms with Crippen LogP contribution in [0.15, 0.2) is 42.5 Å². The summed E-state index contributed by atoms with van der Waals surface area (Å²) in [4.78, 5) is 28.3. The first kappa shape index (κ1) is 28.2. The first-order valence-corrected chi connectivity index (χ1v) is 14.1. The molecule has 1 N–H and O–H groups in total. The van der Waals surface area contributed by atoms with Crippen LogP contribution in [0.5, 0.6) is 0 Å². The number of hydrogen-bond donors (Lipinski definition) is 1. The first-order chi connectivity index (χ1) is 18.0. The van der Waals surface area contributed by atoms with E-state index in [4.69, 9.17) is 21.4 Å². The zero-order valence-electron chi connectivity index (χ0n) is 22.8. The number of halogens is 1. The lowest BCUT2D eigenvalue weighted by Crippen LogP contribution is -2.43. The van der Waals surface area contributed by atoms with Crippen molar-refractivity contribution < 1.29 is 14.3 Å². The summed E-state index contributed by atoms with van der Waals surface area (Å²) >= 11 is 8.24. The maximum atomic E-state index is 13.7. The Morgan fingerprint density at radius 1 is 1.21 bits per heavy atom.